The summed E-state index contributed by atoms with van der Waals surface area (Å²) >= 11 is 0. The number of aliphatic imine (C=N–C) groups is 1. The molecule has 2 aliphatic rings. The van der Waals surface area contributed by atoms with Crippen LogP contribution in [-0.2, 0) is 6.54 Å². The molecule has 2 aliphatic heterocycles. The summed E-state index contributed by atoms with van der Waals surface area (Å²) in [6.45, 7) is 12.4. The van der Waals surface area contributed by atoms with Crippen LogP contribution in [0.4, 0.5) is 0 Å². The molecular weight excluding hydrogens is 322 g/mol. The Balaban J connectivity index is 1.40. The Kier molecular flexibility index (Phi) is 7.32. The molecule has 3 rings (SSSR count). The van der Waals surface area contributed by atoms with Gasteiger partial charge in [0.05, 0.1) is 0 Å². The molecule has 0 aromatic heterocycles. The van der Waals surface area contributed by atoms with Crippen molar-refractivity contribution in [1.29, 1.82) is 0 Å². The second kappa shape index (κ2) is 9.93. The van der Waals surface area contributed by atoms with Gasteiger partial charge in [-0.25, -0.2) is 0 Å². The molecule has 5 heteroatoms. The van der Waals surface area contributed by atoms with Gasteiger partial charge in [0.1, 0.15) is 0 Å². The van der Waals surface area contributed by atoms with Crippen molar-refractivity contribution in [3.05, 3.63) is 35.9 Å². The van der Waals surface area contributed by atoms with Gasteiger partial charge in [-0.3, -0.25) is 9.89 Å². The normalized spacial score (nSPS) is 22.8. The van der Waals surface area contributed by atoms with E-state index in [9.17, 15) is 0 Å². The van der Waals surface area contributed by atoms with Crippen LogP contribution >= 0.6 is 0 Å². The van der Waals surface area contributed by atoms with E-state index in [2.05, 4.69) is 62.3 Å². The van der Waals surface area contributed by atoms with E-state index in [1.165, 1.54) is 38.0 Å². The molecule has 5 nitrogen and oxygen atoms in total. The van der Waals surface area contributed by atoms with E-state index in [4.69, 9.17) is 0 Å². The maximum absolute atomic E-state index is 4.54. The molecular formula is C21H35N5. The minimum Gasteiger partial charge on any atom is -0.356 e. The highest BCUT2D eigenvalue weighted by Crippen LogP contribution is 2.15. The summed E-state index contributed by atoms with van der Waals surface area (Å²) in [5.74, 6) is 1.84. The van der Waals surface area contributed by atoms with Crippen molar-refractivity contribution >= 4 is 5.96 Å². The second-order valence-electron chi connectivity index (χ2n) is 7.63. The molecule has 0 aliphatic carbocycles. The highest BCUT2D eigenvalue weighted by molar-refractivity contribution is 5.80. The number of hydrogen-bond acceptors (Lipinski definition) is 3. The number of rotatable bonds is 6. The standard InChI is InChI=1S/C21H35N5/c1-3-10-24-11-9-20(18-24)16-23-21(22-2)26-14-12-25(13-15-26)17-19-7-5-4-6-8-19/h4-8,20H,3,9-18H2,1-2H3,(H,22,23). The predicted molar refractivity (Wildman–Crippen MR) is 109 cm³/mol. The quantitative estimate of drug-likeness (QED) is 0.625. The lowest BCUT2D eigenvalue weighted by Crippen LogP contribution is -2.52. The molecule has 0 saturated carbocycles. The largest absolute Gasteiger partial charge is 0.356 e. The topological polar surface area (TPSA) is 34.1 Å². The van der Waals surface area contributed by atoms with Gasteiger partial charge in [0, 0.05) is 52.9 Å². The van der Waals surface area contributed by atoms with Crippen LogP contribution in [0, 0.1) is 5.92 Å². The van der Waals surface area contributed by atoms with Crippen molar-refractivity contribution in [3.8, 4) is 0 Å². The molecule has 0 amide bonds. The van der Waals surface area contributed by atoms with E-state index in [0.29, 0.717) is 0 Å². The van der Waals surface area contributed by atoms with E-state index in [0.717, 1.165) is 51.1 Å². The van der Waals surface area contributed by atoms with E-state index in [-0.39, 0.29) is 0 Å². The van der Waals surface area contributed by atoms with Crippen LogP contribution in [0.3, 0.4) is 0 Å². The first-order valence-corrected chi connectivity index (χ1v) is 10.2. The van der Waals surface area contributed by atoms with Crippen LogP contribution in [0.15, 0.2) is 35.3 Å². The summed E-state index contributed by atoms with van der Waals surface area (Å²) in [6.07, 6.45) is 2.57. The van der Waals surface area contributed by atoms with Gasteiger partial charge in [-0.1, -0.05) is 37.3 Å². The van der Waals surface area contributed by atoms with Gasteiger partial charge < -0.3 is 15.1 Å². The van der Waals surface area contributed by atoms with Crippen LogP contribution in [0.25, 0.3) is 0 Å². The van der Waals surface area contributed by atoms with Crippen molar-refractivity contribution in [2.75, 3.05) is 59.4 Å². The van der Waals surface area contributed by atoms with Crippen LogP contribution < -0.4 is 5.32 Å². The zero-order valence-corrected chi connectivity index (χ0v) is 16.5. The first-order chi connectivity index (χ1) is 12.8. The summed E-state index contributed by atoms with van der Waals surface area (Å²) in [6, 6.07) is 10.8. The maximum atomic E-state index is 4.54. The first-order valence-electron chi connectivity index (χ1n) is 10.2. The smallest absolute Gasteiger partial charge is 0.193 e. The number of piperazine rings is 1. The Hall–Kier alpha value is -1.59. The predicted octanol–water partition coefficient (Wildman–Crippen LogP) is 2.11. The Labute approximate surface area is 159 Å². The summed E-state index contributed by atoms with van der Waals surface area (Å²) in [5.41, 5.74) is 1.40. The zero-order valence-electron chi connectivity index (χ0n) is 16.5. The van der Waals surface area contributed by atoms with E-state index in [1.54, 1.807) is 0 Å². The van der Waals surface area contributed by atoms with Crippen LogP contribution in [0.1, 0.15) is 25.3 Å². The summed E-state index contributed by atoms with van der Waals surface area (Å²) in [5, 5.41) is 3.64. The third kappa shape index (κ3) is 5.45. The number of nitrogens with one attached hydrogen (secondary N) is 1. The van der Waals surface area contributed by atoms with Crippen LogP contribution in [-0.4, -0.2) is 80.1 Å². The van der Waals surface area contributed by atoms with Crippen molar-refractivity contribution in [2.45, 2.75) is 26.3 Å². The third-order valence-corrected chi connectivity index (χ3v) is 5.59. The minimum atomic E-state index is 0.762. The molecule has 1 atom stereocenters. The fourth-order valence-corrected chi connectivity index (χ4v) is 4.13. The van der Waals surface area contributed by atoms with Crippen molar-refractivity contribution in [3.63, 3.8) is 0 Å². The molecule has 1 aromatic rings. The number of hydrogen-bond donors (Lipinski definition) is 1. The lowest BCUT2D eigenvalue weighted by atomic mass is 10.1. The maximum Gasteiger partial charge on any atom is 0.193 e. The minimum absolute atomic E-state index is 0.762. The molecule has 1 unspecified atom stereocenters. The average molecular weight is 358 g/mol. The lowest BCUT2D eigenvalue weighted by Gasteiger charge is -2.36. The van der Waals surface area contributed by atoms with Gasteiger partial charge in [-0.2, -0.15) is 0 Å². The van der Waals surface area contributed by atoms with Crippen molar-refractivity contribution < 1.29 is 0 Å². The number of nitrogens with zero attached hydrogens (tertiary/aromatic N) is 4. The molecule has 0 radical (unpaired) electrons. The molecule has 0 bridgehead atoms. The highest BCUT2D eigenvalue weighted by Gasteiger charge is 2.24. The molecule has 144 valence electrons. The Morgan fingerprint density at radius 3 is 2.54 bits per heavy atom. The average Bonchev–Trinajstić information content (AvgIpc) is 3.12. The lowest BCUT2D eigenvalue weighted by molar-refractivity contribution is 0.172. The van der Waals surface area contributed by atoms with Crippen LogP contribution in [0.5, 0.6) is 0 Å². The van der Waals surface area contributed by atoms with Gasteiger partial charge >= 0.3 is 0 Å². The van der Waals surface area contributed by atoms with E-state index in [1.807, 2.05) is 7.05 Å². The molecule has 2 fully saturated rings. The van der Waals surface area contributed by atoms with Gasteiger partial charge in [0.25, 0.3) is 0 Å². The van der Waals surface area contributed by atoms with Gasteiger partial charge in [-0.05, 0) is 37.4 Å². The molecule has 26 heavy (non-hydrogen) atoms. The van der Waals surface area contributed by atoms with Crippen molar-refractivity contribution in [2.24, 2.45) is 10.9 Å². The monoisotopic (exact) mass is 357 g/mol. The summed E-state index contributed by atoms with van der Waals surface area (Å²) in [7, 11) is 1.91. The number of guanidine groups is 1. The molecule has 2 heterocycles. The molecule has 0 spiro atoms. The second-order valence-corrected chi connectivity index (χ2v) is 7.63. The van der Waals surface area contributed by atoms with Gasteiger partial charge in [0.15, 0.2) is 5.96 Å². The summed E-state index contributed by atoms with van der Waals surface area (Å²) in [4.78, 5) is 12.1. The molecule has 1 N–H and O–H groups in total. The van der Waals surface area contributed by atoms with Gasteiger partial charge in [-0.15, -0.1) is 0 Å². The third-order valence-electron chi connectivity index (χ3n) is 5.59. The van der Waals surface area contributed by atoms with E-state index < -0.39 is 0 Å². The highest BCUT2D eigenvalue weighted by atomic mass is 15.3. The number of likely N-dealkylation sites (tertiary alicyclic amines) is 1. The first kappa shape index (κ1) is 19.2. The Morgan fingerprint density at radius 1 is 1.08 bits per heavy atom. The van der Waals surface area contributed by atoms with Crippen molar-refractivity contribution in [1.82, 2.24) is 20.0 Å². The Bertz CT molecular complexity index is 551. The van der Waals surface area contributed by atoms with Crippen LogP contribution in [0.2, 0.25) is 0 Å². The molecule has 2 saturated heterocycles. The van der Waals surface area contributed by atoms with E-state index >= 15 is 0 Å². The fourth-order valence-electron chi connectivity index (χ4n) is 4.13. The summed E-state index contributed by atoms with van der Waals surface area (Å²) < 4.78 is 0. The van der Waals surface area contributed by atoms with Gasteiger partial charge in [0.2, 0.25) is 0 Å². The fraction of sp³-hybridized carbons (Fsp3) is 0.667. The zero-order chi connectivity index (χ0) is 18.2. The number of benzene rings is 1. The Morgan fingerprint density at radius 2 is 1.85 bits per heavy atom. The SMILES string of the molecule is CCCN1CCC(CNC(=NC)N2CCN(Cc3ccccc3)CC2)C1. The molecule has 1 aromatic carbocycles.